The Labute approximate surface area is 168 Å². The molecule has 1 aliphatic carbocycles. The van der Waals surface area contributed by atoms with Crippen LogP contribution in [-0.4, -0.2) is 11.9 Å². The molecule has 0 radical (unpaired) electrons. The molecule has 0 spiro atoms. The molecule has 1 N–H and O–H groups in total. The third kappa shape index (κ3) is 4.56. The minimum atomic E-state index is 0.124. The maximum absolute atomic E-state index is 13.2. The summed E-state index contributed by atoms with van der Waals surface area (Å²) in [4.78, 5) is 14.0. The fourth-order valence-electron chi connectivity index (χ4n) is 4.38. The van der Waals surface area contributed by atoms with Crippen molar-refractivity contribution in [1.29, 1.82) is 0 Å². The maximum atomic E-state index is 13.2. The molecule has 2 aromatic rings. The zero-order valence-electron chi connectivity index (χ0n) is 17.6. The first kappa shape index (κ1) is 20.4. The molecule has 2 nitrogen and oxygen atoms in total. The van der Waals surface area contributed by atoms with Gasteiger partial charge in [0.25, 0.3) is 5.91 Å². The Morgan fingerprint density at radius 3 is 2.63 bits per heavy atom. The largest absolute Gasteiger partial charge is 0.348 e. The van der Waals surface area contributed by atoms with Crippen molar-refractivity contribution in [3.05, 3.63) is 34.7 Å². The summed E-state index contributed by atoms with van der Waals surface area (Å²) in [6, 6.07) is 8.67. The molecule has 1 fully saturated rings. The first-order valence-corrected chi connectivity index (χ1v) is 11.5. The standard InChI is InChI=1S/C24H35NOS/c1-6-9-19(14-16(3)7-2)22(24(5)12-13-24)25-23(26)20-15-18-11-8-10-17(4)21(18)27-20/h8,10-11,15-16,19,22H,6-7,9,12-14H2,1-5H3,(H,25,26). The predicted molar refractivity (Wildman–Crippen MR) is 118 cm³/mol. The van der Waals surface area contributed by atoms with Gasteiger partial charge in [-0.15, -0.1) is 11.3 Å². The highest BCUT2D eigenvalue weighted by Crippen LogP contribution is 2.52. The summed E-state index contributed by atoms with van der Waals surface area (Å²) >= 11 is 1.64. The molecule has 148 valence electrons. The van der Waals surface area contributed by atoms with Crippen LogP contribution < -0.4 is 5.32 Å². The predicted octanol–water partition coefficient (Wildman–Crippen LogP) is 6.96. The second-order valence-corrected chi connectivity index (χ2v) is 10.1. The summed E-state index contributed by atoms with van der Waals surface area (Å²) in [5.74, 6) is 1.42. The average Bonchev–Trinajstić information content (AvgIpc) is 3.22. The molecule has 3 atom stereocenters. The molecule has 1 aromatic heterocycles. The molecule has 3 unspecified atom stereocenters. The molecule has 27 heavy (non-hydrogen) atoms. The Bertz CT molecular complexity index is 789. The Kier molecular flexibility index (Phi) is 6.30. The Morgan fingerprint density at radius 1 is 1.30 bits per heavy atom. The van der Waals surface area contributed by atoms with Gasteiger partial charge in [0.2, 0.25) is 0 Å². The fraction of sp³-hybridized carbons (Fsp3) is 0.625. The highest BCUT2D eigenvalue weighted by Gasteiger charge is 2.48. The maximum Gasteiger partial charge on any atom is 0.261 e. The van der Waals surface area contributed by atoms with Crippen LogP contribution in [-0.2, 0) is 0 Å². The van der Waals surface area contributed by atoms with Crippen LogP contribution in [0.15, 0.2) is 24.3 Å². The van der Waals surface area contributed by atoms with Crippen molar-refractivity contribution in [2.24, 2.45) is 17.3 Å². The van der Waals surface area contributed by atoms with Gasteiger partial charge in [-0.3, -0.25) is 4.79 Å². The van der Waals surface area contributed by atoms with Crippen LogP contribution >= 0.6 is 11.3 Å². The number of amides is 1. The van der Waals surface area contributed by atoms with Crippen LogP contribution in [0.5, 0.6) is 0 Å². The van der Waals surface area contributed by atoms with Gasteiger partial charge in [0.15, 0.2) is 0 Å². The number of hydrogen-bond acceptors (Lipinski definition) is 2. The molecule has 0 saturated heterocycles. The lowest BCUT2D eigenvalue weighted by Crippen LogP contribution is -2.46. The van der Waals surface area contributed by atoms with Gasteiger partial charge in [-0.1, -0.05) is 58.7 Å². The average molecular weight is 386 g/mol. The van der Waals surface area contributed by atoms with Gasteiger partial charge in [0.1, 0.15) is 0 Å². The topological polar surface area (TPSA) is 29.1 Å². The summed E-state index contributed by atoms with van der Waals surface area (Å²) in [6.45, 7) is 11.4. The van der Waals surface area contributed by atoms with E-state index in [1.54, 1.807) is 11.3 Å². The molecule has 0 bridgehead atoms. The quantitative estimate of drug-likeness (QED) is 0.496. The number of hydrogen-bond donors (Lipinski definition) is 1. The molecule has 1 aromatic carbocycles. The van der Waals surface area contributed by atoms with Crippen molar-refractivity contribution in [3.8, 4) is 0 Å². The second kappa shape index (κ2) is 8.34. The van der Waals surface area contributed by atoms with Crippen LogP contribution in [0.1, 0.15) is 81.5 Å². The second-order valence-electron chi connectivity index (χ2n) is 9.01. The van der Waals surface area contributed by atoms with Crippen molar-refractivity contribution < 1.29 is 4.79 Å². The molecular weight excluding hydrogens is 350 g/mol. The van der Waals surface area contributed by atoms with Crippen LogP contribution in [0.2, 0.25) is 0 Å². The van der Waals surface area contributed by atoms with E-state index in [0.717, 1.165) is 10.8 Å². The number of nitrogens with one attached hydrogen (secondary N) is 1. The molecule has 1 saturated carbocycles. The van der Waals surface area contributed by atoms with Gasteiger partial charge < -0.3 is 5.32 Å². The molecule has 0 aliphatic heterocycles. The Hall–Kier alpha value is -1.35. The summed E-state index contributed by atoms with van der Waals surface area (Å²) in [5, 5.41) is 4.69. The van der Waals surface area contributed by atoms with Crippen LogP contribution in [0, 0.1) is 24.2 Å². The number of aryl methyl sites for hydroxylation is 1. The Morgan fingerprint density at radius 2 is 2.04 bits per heavy atom. The van der Waals surface area contributed by atoms with E-state index >= 15 is 0 Å². The van der Waals surface area contributed by atoms with E-state index < -0.39 is 0 Å². The van der Waals surface area contributed by atoms with Crippen molar-refractivity contribution in [2.75, 3.05) is 0 Å². The number of rotatable bonds is 9. The number of fused-ring (bicyclic) bond motifs is 1. The smallest absolute Gasteiger partial charge is 0.261 e. The van der Waals surface area contributed by atoms with Crippen LogP contribution in [0.3, 0.4) is 0 Å². The molecular formula is C24H35NOS. The van der Waals surface area contributed by atoms with E-state index in [9.17, 15) is 4.79 Å². The lowest BCUT2D eigenvalue weighted by atomic mass is 9.78. The first-order chi connectivity index (χ1) is 12.9. The SMILES string of the molecule is CCCC(CC(C)CC)C(NC(=O)c1cc2cccc(C)c2s1)C1(C)CC1. The van der Waals surface area contributed by atoms with E-state index in [1.807, 2.05) is 0 Å². The zero-order valence-corrected chi connectivity index (χ0v) is 18.4. The molecule has 1 heterocycles. The van der Waals surface area contributed by atoms with Gasteiger partial charge in [0.05, 0.1) is 4.88 Å². The van der Waals surface area contributed by atoms with Crippen molar-refractivity contribution in [3.63, 3.8) is 0 Å². The first-order valence-electron chi connectivity index (χ1n) is 10.7. The van der Waals surface area contributed by atoms with Gasteiger partial charge in [-0.25, -0.2) is 0 Å². The Balaban J connectivity index is 1.82. The minimum Gasteiger partial charge on any atom is -0.348 e. The summed E-state index contributed by atoms with van der Waals surface area (Å²) in [6.07, 6.45) is 7.31. The molecule has 1 aliphatic rings. The number of carbonyl (C=O) groups excluding carboxylic acids is 1. The molecule has 3 heteroatoms. The van der Waals surface area contributed by atoms with Gasteiger partial charge in [0, 0.05) is 10.7 Å². The highest BCUT2D eigenvalue weighted by molar-refractivity contribution is 7.21. The highest BCUT2D eigenvalue weighted by atomic mass is 32.1. The van der Waals surface area contributed by atoms with Crippen molar-refractivity contribution in [2.45, 2.75) is 79.2 Å². The van der Waals surface area contributed by atoms with Gasteiger partial charge >= 0.3 is 0 Å². The third-order valence-corrected chi connectivity index (χ3v) is 7.86. The third-order valence-electron chi connectivity index (χ3n) is 6.57. The zero-order chi connectivity index (χ0) is 19.6. The summed E-state index contributed by atoms with van der Waals surface area (Å²) in [5.41, 5.74) is 1.54. The van der Waals surface area contributed by atoms with Crippen molar-refractivity contribution >= 4 is 27.3 Å². The summed E-state index contributed by atoms with van der Waals surface area (Å²) in [7, 11) is 0. The van der Waals surface area contributed by atoms with Crippen LogP contribution in [0.25, 0.3) is 10.1 Å². The number of carbonyl (C=O) groups is 1. The number of thiophene rings is 1. The van der Waals surface area contributed by atoms with E-state index in [2.05, 4.69) is 64.2 Å². The monoisotopic (exact) mass is 385 g/mol. The van der Waals surface area contributed by atoms with E-state index in [4.69, 9.17) is 0 Å². The fourth-order valence-corrected chi connectivity index (χ4v) is 5.41. The lowest BCUT2D eigenvalue weighted by Gasteiger charge is -2.34. The molecule has 1 amide bonds. The van der Waals surface area contributed by atoms with Gasteiger partial charge in [-0.2, -0.15) is 0 Å². The lowest BCUT2D eigenvalue weighted by molar-refractivity contribution is 0.0882. The van der Waals surface area contributed by atoms with E-state index in [-0.39, 0.29) is 11.3 Å². The van der Waals surface area contributed by atoms with Crippen LogP contribution in [0.4, 0.5) is 0 Å². The van der Waals surface area contributed by atoms with E-state index in [1.165, 1.54) is 54.2 Å². The van der Waals surface area contributed by atoms with Crippen molar-refractivity contribution in [1.82, 2.24) is 5.32 Å². The molecule has 3 rings (SSSR count). The normalized spacial score (nSPS) is 18.9. The minimum absolute atomic E-state index is 0.124. The van der Waals surface area contributed by atoms with E-state index in [0.29, 0.717) is 12.0 Å². The van der Waals surface area contributed by atoms with Gasteiger partial charge in [-0.05, 0) is 66.9 Å². The summed E-state index contributed by atoms with van der Waals surface area (Å²) < 4.78 is 1.24. The number of benzene rings is 1.